The molecule has 6 heteroatoms. The molecule has 4 nitrogen and oxygen atoms in total. The molecule has 3 rings (SSSR count). The predicted octanol–water partition coefficient (Wildman–Crippen LogP) is 2.30. The lowest BCUT2D eigenvalue weighted by Crippen LogP contribution is -3.12. The zero-order valence-corrected chi connectivity index (χ0v) is 17.0. The Kier molecular flexibility index (Phi) is 8.02. The van der Waals surface area contributed by atoms with Crippen LogP contribution in [0.25, 0.3) is 0 Å². The van der Waals surface area contributed by atoms with E-state index in [9.17, 15) is 4.79 Å². The number of amides is 1. The van der Waals surface area contributed by atoms with Crippen molar-refractivity contribution in [1.29, 1.82) is 0 Å². The number of thioether (sulfide) groups is 1. The summed E-state index contributed by atoms with van der Waals surface area (Å²) in [5.74, 6) is 1.33. The maximum atomic E-state index is 12.0. The van der Waals surface area contributed by atoms with Crippen molar-refractivity contribution >= 4 is 29.3 Å². The van der Waals surface area contributed by atoms with Gasteiger partial charge in [-0.2, -0.15) is 0 Å². The standard InChI is InChI=1S/C21H25ClN2O2S/c22-20-7-5-19(6-8-20)15-27-16-21(25)23-13-17-1-3-18(4-2-17)14-24-9-11-26-12-10-24/h1-8H,9-16H2,(H,23,25)/p+1. The van der Waals surface area contributed by atoms with E-state index in [2.05, 4.69) is 29.6 Å². The highest BCUT2D eigenvalue weighted by Crippen LogP contribution is 2.15. The fourth-order valence-electron chi connectivity index (χ4n) is 2.99. The van der Waals surface area contributed by atoms with Crippen LogP contribution >= 0.6 is 23.4 Å². The van der Waals surface area contributed by atoms with E-state index < -0.39 is 0 Å². The number of halogens is 1. The maximum Gasteiger partial charge on any atom is 0.230 e. The van der Waals surface area contributed by atoms with Crippen molar-refractivity contribution in [2.24, 2.45) is 0 Å². The Morgan fingerprint density at radius 3 is 2.33 bits per heavy atom. The second kappa shape index (κ2) is 10.7. The summed E-state index contributed by atoms with van der Waals surface area (Å²) in [5, 5.41) is 3.73. The summed E-state index contributed by atoms with van der Waals surface area (Å²) in [7, 11) is 0. The zero-order chi connectivity index (χ0) is 18.9. The molecule has 0 unspecified atom stereocenters. The molecule has 0 spiro atoms. The van der Waals surface area contributed by atoms with Crippen LogP contribution in [0.3, 0.4) is 0 Å². The normalized spacial score (nSPS) is 14.9. The fraction of sp³-hybridized carbons (Fsp3) is 0.381. The Morgan fingerprint density at radius 1 is 1.00 bits per heavy atom. The van der Waals surface area contributed by atoms with Gasteiger partial charge in [-0.25, -0.2) is 0 Å². The van der Waals surface area contributed by atoms with Crippen LogP contribution in [-0.4, -0.2) is 38.0 Å². The summed E-state index contributed by atoms with van der Waals surface area (Å²) in [6, 6.07) is 16.3. The average molecular weight is 406 g/mol. The molecular formula is C21H26ClN2O2S+. The quantitative estimate of drug-likeness (QED) is 0.708. The van der Waals surface area contributed by atoms with Gasteiger partial charge < -0.3 is 15.0 Å². The fourth-order valence-corrected chi connectivity index (χ4v) is 3.94. The molecule has 2 aromatic rings. The zero-order valence-electron chi connectivity index (χ0n) is 15.4. The molecule has 1 saturated heterocycles. The van der Waals surface area contributed by atoms with Gasteiger partial charge in [0.2, 0.25) is 5.91 Å². The van der Waals surface area contributed by atoms with Crippen LogP contribution in [0.2, 0.25) is 5.02 Å². The Bertz CT molecular complexity index is 716. The van der Waals surface area contributed by atoms with E-state index >= 15 is 0 Å². The minimum atomic E-state index is 0.0656. The first-order valence-electron chi connectivity index (χ1n) is 9.27. The highest BCUT2D eigenvalue weighted by atomic mass is 35.5. The van der Waals surface area contributed by atoms with Crippen molar-refractivity contribution in [3.05, 3.63) is 70.2 Å². The molecule has 1 aliphatic rings. The van der Waals surface area contributed by atoms with Gasteiger partial charge in [0.15, 0.2) is 0 Å². The van der Waals surface area contributed by atoms with Crippen molar-refractivity contribution in [2.75, 3.05) is 32.1 Å². The van der Waals surface area contributed by atoms with Gasteiger partial charge >= 0.3 is 0 Å². The SMILES string of the molecule is O=C(CSCc1ccc(Cl)cc1)NCc1ccc(C[NH+]2CCOCC2)cc1. The summed E-state index contributed by atoms with van der Waals surface area (Å²) >= 11 is 7.49. The lowest BCUT2D eigenvalue weighted by molar-refractivity contribution is -0.921. The molecule has 0 radical (unpaired) electrons. The smallest absolute Gasteiger partial charge is 0.230 e. The maximum absolute atomic E-state index is 12.0. The molecule has 0 atom stereocenters. The van der Waals surface area contributed by atoms with E-state index in [4.69, 9.17) is 16.3 Å². The summed E-state index contributed by atoms with van der Waals surface area (Å²) in [6.45, 7) is 5.48. The first-order chi connectivity index (χ1) is 13.2. The topological polar surface area (TPSA) is 42.8 Å². The number of hydrogen-bond acceptors (Lipinski definition) is 3. The van der Waals surface area contributed by atoms with Crippen LogP contribution in [0.5, 0.6) is 0 Å². The van der Waals surface area contributed by atoms with E-state index in [1.165, 1.54) is 11.1 Å². The summed E-state index contributed by atoms with van der Waals surface area (Å²) in [6.07, 6.45) is 0. The van der Waals surface area contributed by atoms with Gasteiger partial charge in [-0.05, 0) is 23.3 Å². The molecule has 2 N–H and O–H groups in total. The number of quaternary nitrogens is 1. The number of morpholine rings is 1. The van der Waals surface area contributed by atoms with E-state index in [1.807, 2.05) is 24.3 Å². The summed E-state index contributed by atoms with van der Waals surface area (Å²) in [5.41, 5.74) is 3.64. The molecular weight excluding hydrogens is 380 g/mol. The molecule has 27 heavy (non-hydrogen) atoms. The van der Waals surface area contributed by atoms with Crippen molar-refractivity contribution in [3.8, 4) is 0 Å². The first kappa shape index (κ1) is 20.2. The number of carbonyl (C=O) groups is 1. The minimum absolute atomic E-state index is 0.0656. The van der Waals surface area contributed by atoms with Crippen LogP contribution in [0.4, 0.5) is 0 Å². The molecule has 2 aromatic carbocycles. The van der Waals surface area contributed by atoms with E-state index in [1.54, 1.807) is 16.7 Å². The predicted molar refractivity (Wildman–Crippen MR) is 111 cm³/mol. The Labute approximate surface area is 170 Å². The summed E-state index contributed by atoms with van der Waals surface area (Å²) < 4.78 is 5.40. The third-order valence-corrected chi connectivity index (χ3v) is 5.84. The van der Waals surface area contributed by atoms with Crippen LogP contribution in [0, 0.1) is 0 Å². The lowest BCUT2D eigenvalue weighted by atomic mass is 10.1. The number of hydrogen-bond donors (Lipinski definition) is 2. The van der Waals surface area contributed by atoms with Gasteiger partial charge in [-0.1, -0.05) is 48.0 Å². The third kappa shape index (κ3) is 7.18. The average Bonchev–Trinajstić information content (AvgIpc) is 2.70. The Balaban J connectivity index is 1.35. The molecule has 0 aliphatic carbocycles. The van der Waals surface area contributed by atoms with Gasteiger partial charge in [0, 0.05) is 22.9 Å². The lowest BCUT2D eigenvalue weighted by Gasteiger charge is -2.23. The van der Waals surface area contributed by atoms with E-state index in [0.717, 1.165) is 49.2 Å². The summed E-state index contributed by atoms with van der Waals surface area (Å²) in [4.78, 5) is 13.6. The second-order valence-corrected chi connectivity index (χ2v) is 8.17. The number of rotatable bonds is 8. The van der Waals surface area contributed by atoms with Crippen LogP contribution in [0.15, 0.2) is 48.5 Å². The van der Waals surface area contributed by atoms with Crippen molar-refractivity contribution < 1.29 is 14.4 Å². The van der Waals surface area contributed by atoms with Gasteiger partial charge in [0.05, 0.1) is 19.0 Å². The Morgan fingerprint density at radius 2 is 1.63 bits per heavy atom. The number of benzene rings is 2. The third-order valence-electron chi connectivity index (χ3n) is 4.58. The molecule has 0 aromatic heterocycles. The molecule has 1 heterocycles. The van der Waals surface area contributed by atoms with Gasteiger partial charge in [0.1, 0.15) is 19.6 Å². The van der Waals surface area contributed by atoms with Crippen LogP contribution < -0.4 is 10.2 Å². The second-order valence-electron chi connectivity index (χ2n) is 6.75. The van der Waals surface area contributed by atoms with Crippen LogP contribution in [0.1, 0.15) is 16.7 Å². The monoisotopic (exact) mass is 405 g/mol. The van der Waals surface area contributed by atoms with E-state index in [0.29, 0.717) is 12.3 Å². The Hall–Kier alpha value is -1.53. The van der Waals surface area contributed by atoms with Crippen LogP contribution in [-0.2, 0) is 28.4 Å². The minimum Gasteiger partial charge on any atom is -0.370 e. The highest BCUT2D eigenvalue weighted by Gasteiger charge is 2.13. The van der Waals surface area contributed by atoms with Crippen molar-refractivity contribution in [3.63, 3.8) is 0 Å². The number of ether oxygens (including phenoxy) is 1. The van der Waals surface area contributed by atoms with Gasteiger partial charge in [-0.15, -0.1) is 11.8 Å². The van der Waals surface area contributed by atoms with E-state index in [-0.39, 0.29) is 5.91 Å². The molecule has 1 amide bonds. The molecule has 0 bridgehead atoms. The van der Waals surface area contributed by atoms with Gasteiger partial charge in [-0.3, -0.25) is 4.79 Å². The highest BCUT2D eigenvalue weighted by molar-refractivity contribution is 7.99. The molecule has 0 saturated carbocycles. The number of nitrogens with one attached hydrogen (secondary N) is 2. The first-order valence-corrected chi connectivity index (χ1v) is 10.8. The van der Waals surface area contributed by atoms with Crippen molar-refractivity contribution in [1.82, 2.24) is 5.32 Å². The van der Waals surface area contributed by atoms with Gasteiger partial charge in [0.25, 0.3) is 0 Å². The number of carbonyl (C=O) groups excluding carboxylic acids is 1. The largest absolute Gasteiger partial charge is 0.370 e. The van der Waals surface area contributed by atoms with Crippen molar-refractivity contribution in [2.45, 2.75) is 18.8 Å². The molecule has 144 valence electrons. The molecule has 1 fully saturated rings. The molecule has 1 aliphatic heterocycles.